The van der Waals surface area contributed by atoms with Gasteiger partial charge in [0.25, 0.3) is 5.91 Å². The van der Waals surface area contributed by atoms with Crippen molar-refractivity contribution in [1.82, 2.24) is 4.90 Å². The Kier molecular flexibility index (Phi) is 5.07. The molecular formula is C16H24N2O3. The minimum Gasteiger partial charge on any atom is -0.491 e. The molecule has 0 aromatic heterocycles. The van der Waals surface area contributed by atoms with Gasteiger partial charge in [-0.25, -0.2) is 0 Å². The molecule has 1 aliphatic heterocycles. The molecule has 1 heterocycles. The number of ether oxygens (including phenoxy) is 2. The zero-order valence-electron chi connectivity index (χ0n) is 13.0. The Bertz CT molecular complexity index is 504. The number of nitrogens with two attached hydrogens (primary N) is 1. The summed E-state index contributed by atoms with van der Waals surface area (Å²) < 4.78 is 11.2. The van der Waals surface area contributed by atoms with Crippen LogP contribution in [0.15, 0.2) is 18.2 Å². The highest BCUT2D eigenvalue weighted by Gasteiger charge is 2.31. The standard InChI is InChI=1S/C16H24N2O3/c1-4-12-10-21-11(3)9-18(12)16(19)13-7-6-8-14(17)15(13)20-5-2/h6-8,11-12H,4-5,9-10,17H2,1-3H3. The topological polar surface area (TPSA) is 64.8 Å². The Morgan fingerprint density at radius 3 is 2.90 bits per heavy atom. The molecule has 116 valence electrons. The van der Waals surface area contributed by atoms with Crippen molar-refractivity contribution in [3.8, 4) is 5.75 Å². The molecule has 0 saturated carbocycles. The van der Waals surface area contributed by atoms with Crippen molar-refractivity contribution in [2.45, 2.75) is 39.3 Å². The molecule has 1 saturated heterocycles. The number of nitrogens with zero attached hydrogens (tertiary/aromatic N) is 1. The van der Waals surface area contributed by atoms with Gasteiger partial charge in [0.15, 0.2) is 5.75 Å². The first-order valence-electron chi connectivity index (χ1n) is 7.52. The number of rotatable bonds is 4. The van der Waals surface area contributed by atoms with E-state index in [-0.39, 0.29) is 18.1 Å². The van der Waals surface area contributed by atoms with E-state index < -0.39 is 0 Å². The van der Waals surface area contributed by atoms with E-state index in [1.165, 1.54) is 0 Å². The molecule has 1 amide bonds. The summed E-state index contributed by atoms with van der Waals surface area (Å²) in [6, 6.07) is 5.41. The first kappa shape index (κ1) is 15.6. The summed E-state index contributed by atoms with van der Waals surface area (Å²) in [5, 5.41) is 0. The van der Waals surface area contributed by atoms with Gasteiger partial charge in [-0.2, -0.15) is 0 Å². The van der Waals surface area contributed by atoms with E-state index in [9.17, 15) is 4.79 Å². The highest BCUT2D eigenvalue weighted by atomic mass is 16.5. The predicted octanol–water partition coefficient (Wildman–Crippen LogP) is 2.31. The Hall–Kier alpha value is -1.75. The second-order valence-electron chi connectivity index (χ2n) is 5.32. The van der Waals surface area contributed by atoms with E-state index >= 15 is 0 Å². The molecule has 2 unspecified atom stereocenters. The quantitative estimate of drug-likeness (QED) is 0.865. The van der Waals surface area contributed by atoms with Crippen molar-refractivity contribution in [1.29, 1.82) is 0 Å². The molecule has 0 spiro atoms. The van der Waals surface area contributed by atoms with Crippen LogP contribution in [0.3, 0.4) is 0 Å². The Balaban J connectivity index is 2.32. The molecule has 1 aliphatic rings. The Morgan fingerprint density at radius 2 is 2.24 bits per heavy atom. The van der Waals surface area contributed by atoms with Gasteiger partial charge in [-0.05, 0) is 32.4 Å². The van der Waals surface area contributed by atoms with E-state index in [1.54, 1.807) is 18.2 Å². The molecule has 1 fully saturated rings. The summed E-state index contributed by atoms with van der Waals surface area (Å²) in [6.45, 7) is 7.58. The van der Waals surface area contributed by atoms with Gasteiger partial charge in [-0.1, -0.05) is 13.0 Å². The lowest BCUT2D eigenvalue weighted by molar-refractivity contribution is -0.0444. The first-order valence-corrected chi connectivity index (χ1v) is 7.52. The molecule has 5 heteroatoms. The maximum atomic E-state index is 12.9. The molecule has 2 N–H and O–H groups in total. The van der Waals surface area contributed by atoms with Gasteiger partial charge in [-0.15, -0.1) is 0 Å². The van der Waals surface area contributed by atoms with E-state index in [4.69, 9.17) is 15.2 Å². The number of amides is 1. The molecule has 1 aromatic carbocycles. The van der Waals surface area contributed by atoms with Gasteiger partial charge < -0.3 is 20.1 Å². The number of carbonyl (C=O) groups excluding carboxylic acids is 1. The van der Waals surface area contributed by atoms with Gasteiger partial charge in [0.1, 0.15) is 0 Å². The van der Waals surface area contributed by atoms with Crippen molar-refractivity contribution in [3.05, 3.63) is 23.8 Å². The summed E-state index contributed by atoms with van der Waals surface area (Å²) in [7, 11) is 0. The van der Waals surface area contributed by atoms with Crippen LogP contribution < -0.4 is 10.5 Å². The van der Waals surface area contributed by atoms with Crippen LogP contribution in [-0.4, -0.2) is 42.7 Å². The highest BCUT2D eigenvalue weighted by molar-refractivity contribution is 5.99. The number of benzene rings is 1. The maximum Gasteiger partial charge on any atom is 0.258 e. The maximum absolute atomic E-state index is 12.9. The highest BCUT2D eigenvalue weighted by Crippen LogP contribution is 2.29. The smallest absolute Gasteiger partial charge is 0.258 e. The average Bonchev–Trinajstić information content (AvgIpc) is 2.48. The van der Waals surface area contributed by atoms with Crippen LogP contribution in [0.2, 0.25) is 0 Å². The zero-order valence-corrected chi connectivity index (χ0v) is 13.0. The largest absolute Gasteiger partial charge is 0.491 e. The van der Waals surface area contributed by atoms with E-state index in [1.807, 2.05) is 18.7 Å². The van der Waals surface area contributed by atoms with E-state index in [0.717, 1.165) is 6.42 Å². The molecule has 5 nitrogen and oxygen atoms in total. The van der Waals surface area contributed by atoms with Crippen LogP contribution in [0.5, 0.6) is 5.75 Å². The number of nitrogen functional groups attached to an aromatic ring is 1. The van der Waals surface area contributed by atoms with Crippen molar-refractivity contribution >= 4 is 11.6 Å². The van der Waals surface area contributed by atoms with Crippen LogP contribution in [0, 0.1) is 0 Å². The monoisotopic (exact) mass is 292 g/mol. The number of hydrogen-bond acceptors (Lipinski definition) is 4. The van der Waals surface area contributed by atoms with Crippen molar-refractivity contribution < 1.29 is 14.3 Å². The second kappa shape index (κ2) is 6.80. The first-order chi connectivity index (χ1) is 10.1. The van der Waals surface area contributed by atoms with Crippen LogP contribution >= 0.6 is 0 Å². The van der Waals surface area contributed by atoms with Crippen molar-refractivity contribution in [2.75, 3.05) is 25.5 Å². The SMILES string of the molecule is CCOc1c(N)cccc1C(=O)N1CC(C)OCC1CC. The Morgan fingerprint density at radius 1 is 1.48 bits per heavy atom. The van der Waals surface area contributed by atoms with E-state index in [2.05, 4.69) is 6.92 Å². The fraction of sp³-hybridized carbons (Fsp3) is 0.562. The van der Waals surface area contributed by atoms with Crippen LogP contribution in [0.4, 0.5) is 5.69 Å². The van der Waals surface area contributed by atoms with Gasteiger partial charge in [-0.3, -0.25) is 4.79 Å². The summed E-state index contributed by atoms with van der Waals surface area (Å²) in [4.78, 5) is 14.8. The zero-order chi connectivity index (χ0) is 15.4. The molecule has 0 aliphatic carbocycles. The minimum absolute atomic E-state index is 0.0345. The van der Waals surface area contributed by atoms with Gasteiger partial charge in [0.05, 0.1) is 36.6 Å². The van der Waals surface area contributed by atoms with Crippen molar-refractivity contribution in [2.24, 2.45) is 0 Å². The number of para-hydroxylation sites is 1. The molecule has 0 bridgehead atoms. The van der Waals surface area contributed by atoms with Crippen LogP contribution in [0.1, 0.15) is 37.6 Å². The number of morpholine rings is 1. The molecular weight excluding hydrogens is 268 g/mol. The second-order valence-corrected chi connectivity index (χ2v) is 5.32. The van der Waals surface area contributed by atoms with Gasteiger partial charge >= 0.3 is 0 Å². The number of carbonyl (C=O) groups is 1. The molecule has 1 aromatic rings. The number of hydrogen-bond donors (Lipinski definition) is 1. The van der Waals surface area contributed by atoms with Gasteiger partial charge in [0, 0.05) is 6.54 Å². The third kappa shape index (κ3) is 3.29. The minimum atomic E-state index is -0.0345. The van der Waals surface area contributed by atoms with Gasteiger partial charge in [0.2, 0.25) is 0 Å². The molecule has 21 heavy (non-hydrogen) atoms. The summed E-state index contributed by atoms with van der Waals surface area (Å²) in [5.74, 6) is 0.451. The van der Waals surface area contributed by atoms with Crippen LogP contribution in [0.25, 0.3) is 0 Å². The Labute approximate surface area is 126 Å². The third-order valence-corrected chi connectivity index (χ3v) is 3.76. The summed E-state index contributed by atoms with van der Waals surface area (Å²) in [6.07, 6.45) is 0.915. The predicted molar refractivity (Wildman–Crippen MR) is 82.6 cm³/mol. The van der Waals surface area contributed by atoms with Crippen molar-refractivity contribution in [3.63, 3.8) is 0 Å². The van der Waals surface area contributed by atoms with Crippen LogP contribution in [-0.2, 0) is 4.74 Å². The lowest BCUT2D eigenvalue weighted by atomic mass is 10.1. The third-order valence-electron chi connectivity index (χ3n) is 3.76. The summed E-state index contributed by atoms with van der Waals surface area (Å²) in [5.41, 5.74) is 6.98. The summed E-state index contributed by atoms with van der Waals surface area (Å²) >= 11 is 0. The fourth-order valence-corrected chi connectivity index (χ4v) is 2.61. The number of anilines is 1. The fourth-order valence-electron chi connectivity index (χ4n) is 2.61. The lowest BCUT2D eigenvalue weighted by Crippen LogP contribution is -2.51. The normalized spacial score (nSPS) is 22.1. The average molecular weight is 292 g/mol. The lowest BCUT2D eigenvalue weighted by Gasteiger charge is -2.38. The molecule has 2 rings (SSSR count). The molecule has 0 radical (unpaired) electrons. The molecule has 2 atom stereocenters. The van der Waals surface area contributed by atoms with E-state index in [0.29, 0.717) is 36.8 Å².